The molecule has 0 N–H and O–H groups in total. The van der Waals surface area contributed by atoms with Crippen LogP contribution in [0.15, 0.2) is 78.9 Å². The zero-order valence-corrected chi connectivity index (χ0v) is 21.8. The number of rotatable bonds is 7. The Hall–Kier alpha value is -4.26. The smallest absolute Gasteiger partial charge is 0.338 e. The fraction of sp³-hybridized carbons (Fsp3) is 0.312. The molecule has 2 amide bonds. The fourth-order valence-corrected chi connectivity index (χ4v) is 6.84. The Morgan fingerprint density at radius 3 is 2.28 bits per heavy atom. The zero-order valence-electron chi connectivity index (χ0n) is 21.8. The van der Waals surface area contributed by atoms with Gasteiger partial charge in [-0.15, -0.1) is 0 Å². The number of carbonyl (C=O) groups is 4. The average molecular weight is 524 g/mol. The minimum absolute atomic E-state index is 0.141. The lowest BCUT2D eigenvalue weighted by molar-refractivity contribution is -0.123. The number of methoxy groups -OCH3 is 1. The van der Waals surface area contributed by atoms with Gasteiger partial charge in [0.25, 0.3) is 0 Å². The van der Waals surface area contributed by atoms with E-state index in [9.17, 15) is 19.2 Å². The molecule has 1 aliphatic heterocycles. The third kappa shape index (κ3) is 4.22. The van der Waals surface area contributed by atoms with Crippen molar-refractivity contribution in [3.8, 4) is 5.75 Å². The van der Waals surface area contributed by atoms with Gasteiger partial charge in [0.2, 0.25) is 17.6 Å². The summed E-state index contributed by atoms with van der Waals surface area (Å²) in [7, 11) is 1.54. The lowest BCUT2D eigenvalue weighted by Crippen LogP contribution is -2.33. The van der Waals surface area contributed by atoms with Crippen LogP contribution in [0, 0.1) is 23.7 Å². The third-order valence-electron chi connectivity index (χ3n) is 8.61. The zero-order chi connectivity index (χ0) is 27.3. The van der Waals surface area contributed by atoms with Crippen molar-refractivity contribution in [2.45, 2.75) is 31.8 Å². The van der Waals surface area contributed by atoms with E-state index in [0.717, 1.165) is 12.8 Å². The van der Waals surface area contributed by atoms with Gasteiger partial charge in [0.1, 0.15) is 5.75 Å². The van der Waals surface area contributed by atoms with E-state index >= 15 is 0 Å². The van der Waals surface area contributed by atoms with Gasteiger partial charge in [0.15, 0.2) is 6.10 Å². The molecule has 2 aliphatic carbocycles. The Labute approximate surface area is 226 Å². The molecule has 6 rings (SSSR count). The van der Waals surface area contributed by atoms with Crippen LogP contribution < -0.4 is 9.64 Å². The molecule has 0 aromatic heterocycles. The molecule has 1 saturated heterocycles. The van der Waals surface area contributed by atoms with Gasteiger partial charge in [-0.3, -0.25) is 19.3 Å². The van der Waals surface area contributed by atoms with Crippen LogP contribution >= 0.6 is 0 Å². The second-order valence-corrected chi connectivity index (χ2v) is 10.7. The lowest BCUT2D eigenvalue weighted by atomic mass is 9.73. The number of hydrogen-bond acceptors (Lipinski definition) is 6. The Kier molecular flexibility index (Phi) is 6.29. The van der Waals surface area contributed by atoms with Gasteiger partial charge in [-0.05, 0) is 85.5 Å². The van der Waals surface area contributed by atoms with Gasteiger partial charge in [-0.2, -0.15) is 0 Å². The fourth-order valence-electron chi connectivity index (χ4n) is 6.84. The van der Waals surface area contributed by atoms with E-state index in [4.69, 9.17) is 9.47 Å². The Bertz CT molecular complexity index is 1450. The summed E-state index contributed by atoms with van der Waals surface area (Å²) in [5.41, 5.74) is 2.15. The number of hydrogen-bond donors (Lipinski definition) is 0. The maximum atomic E-state index is 13.7. The SMILES string of the molecule is COc1ccc(C(=O)[C@H](C)OC(=O)c2cccc(N3C(=O)[C@H]4[C@H]5C[C@@H]([C@@H]4C3=O)[C@@H](c3ccccc3)C5)c2)cc1. The minimum Gasteiger partial charge on any atom is -0.497 e. The predicted octanol–water partition coefficient (Wildman–Crippen LogP) is 5.05. The first kappa shape index (κ1) is 25.0. The summed E-state index contributed by atoms with van der Waals surface area (Å²) < 4.78 is 10.6. The van der Waals surface area contributed by atoms with E-state index in [2.05, 4.69) is 12.1 Å². The molecule has 3 fully saturated rings. The van der Waals surface area contributed by atoms with Crippen LogP contribution in [0.4, 0.5) is 5.69 Å². The number of amides is 2. The Balaban J connectivity index is 1.18. The number of benzene rings is 3. The van der Waals surface area contributed by atoms with Gasteiger partial charge in [-0.1, -0.05) is 36.4 Å². The highest BCUT2D eigenvalue weighted by Crippen LogP contribution is 2.61. The van der Waals surface area contributed by atoms with Crippen molar-refractivity contribution in [2.24, 2.45) is 23.7 Å². The summed E-state index contributed by atoms with van der Waals surface area (Å²) in [6.07, 6.45) is 0.788. The normalized spacial score (nSPS) is 25.9. The number of esters is 1. The monoisotopic (exact) mass is 523 g/mol. The van der Waals surface area contributed by atoms with Crippen molar-refractivity contribution >= 4 is 29.3 Å². The first-order valence-corrected chi connectivity index (χ1v) is 13.3. The molecule has 2 saturated carbocycles. The second kappa shape index (κ2) is 9.80. The van der Waals surface area contributed by atoms with Crippen LogP contribution in [0.2, 0.25) is 0 Å². The first-order chi connectivity index (χ1) is 18.9. The molecular weight excluding hydrogens is 494 g/mol. The molecule has 1 heterocycles. The summed E-state index contributed by atoms with van der Waals surface area (Å²) in [6, 6.07) is 23.1. The summed E-state index contributed by atoms with van der Waals surface area (Å²) in [5.74, 6) is -0.833. The average Bonchev–Trinajstić information content (AvgIpc) is 3.64. The van der Waals surface area contributed by atoms with Crippen molar-refractivity contribution in [2.75, 3.05) is 12.0 Å². The van der Waals surface area contributed by atoms with Gasteiger partial charge in [0, 0.05) is 5.56 Å². The van der Waals surface area contributed by atoms with Crippen LogP contribution in [-0.4, -0.2) is 36.8 Å². The highest BCUT2D eigenvalue weighted by atomic mass is 16.5. The Morgan fingerprint density at radius 1 is 0.846 bits per heavy atom. The largest absolute Gasteiger partial charge is 0.497 e. The van der Waals surface area contributed by atoms with Gasteiger partial charge in [0.05, 0.1) is 30.2 Å². The number of ether oxygens (including phenoxy) is 2. The number of imide groups is 1. The van der Waals surface area contributed by atoms with E-state index in [1.165, 1.54) is 30.6 Å². The number of ketones is 1. The molecular formula is C32H29NO6. The van der Waals surface area contributed by atoms with Gasteiger partial charge in [-0.25, -0.2) is 4.79 Å². The van der Waals surface area contributed by atoms with Crippen LogP contribution in [0.3, 0.4) is 0 Å². The Morgan fingerprint density at radius 2 is 1.56 bits per heavy atom. The molecule has 198 valence electrons. The van der Waals surface area contributed by atoms with Crippen molar-refractivity contribution < 1.29 is 28.7 Å². The van der Waals surface area contributed by atoms with E-state index in [1.54, 1.807) is 42.5 Å². The number of fused-ring (bicyclic) bond motifs is 5. The number of nitrogens with zero attached hydrogens (tertiary/aromatic N) is 1. The van der Waals surface area contributed by atoms with E-state index in [0.29, 0.717) is 17.0 Å². The maximum Gasteiger partial charge on any atom is 0.338 e. The van der Waals surface area contributed by atoms with Crippen LogP contribution in [0.25, 0.3) is 0 Å². The van der Waals surface area contributed by atoms with Gasteiger partial charge < -0.3 is 9.47 Å². The predicted molar refractivity (Wildman–Crippen MR) is 144 cm³/mol. The molecule has 6 atom stereocenters. The maximum absolute atomic E-state index is 13.7. The number of Topliss-reactive ketones (excluding diaryl/α,β-unsaturated/α-hetero) is 1. The highest BCUT2D eigenvalue weighted by molar-refractivity contribution is 6.23. The van der Waals surface area contributed by atoms with Crippen LogP contribution in [0.5, 0.6) is 5.75 Å². The molecule has 2 bridgehead atoms. The standard InChI is InChI=1S/C32H29NO6/c1-18(29(34)20-11-13-24(38-2)14-12-20)39-32(37)21-9-6-10-23(15-21)33-30(35)27-22-16-25(19-7-4-3-5-8-19)26(17-22)28(27)31(33)36/h3-15,18,22,25-28H,16-17H2,1-2H3/t18-,22+,25+,26+,27-,28-/m0/s1. The summed E-state index contributed by atoms with van der Waals surface area (Å²) >= 11 is 0. The molecule has 0 spiro atoms. The van der Waals surface area contributed by atoms with Crippen molar-refractivity contribution in [3.63, 3.8) is 0 Å². The quantitative estimate of drug-likeness (QED) is 0.245. The molecule has 0 unspecified atom stereocenters. The molecule has 3 aromatic rings. The van der Waals surface area contributed by atoms with Crippen LogP contribution in [0.1, 0.15) is 52.0 Å². The summed E-state index contributed by atoms with van der Waals surface area (Å²) in [4.78, 5) is 54.1. The van der Waals surface area contributed by atoms with Crippen molar-refractivity contribution in [1.29, 1.82) is 0 Å². The molecule has 3 aliphatic rings. The van der Waals surface area contributed by atoms with E-state index in [1.807, 2.05) is 18.2 Å². The molecule has 3 aromatic carbocycles. The van der Waals surface area contributed by atoms with E-state index in [-0.39, 0.29) is 52.8 Å². The number of carbonyl (C=O) groups excluding carboxylic acids is 4. The third-order valence-corrected chi connectivity index (χ3v) is 8.61. The van der Waals surface area contributed by atoms with Gasteiger partial charge >= 0.3 is 5.97 Å². The van der Waals surface area contributed by atoms with Crippen molar-refractivity contribution in [3.05, 3.63) is 95.6 Å². The molecule has 39 heavy (non-hydrogen) atoms. The summed E-state index contributed by atoms with van der Waals surface area (Å²) in [6.45, 7) is 1.52. The first-order valence-electron chi connectivity index (χ1n) is 13.3. The molecule has 0 radical (unpaired) electrons. The van der Waals surface area contributed by atoms with Crippen LogP contribution in [-0.2, 0) is 14.3 Å². The lowest BCUT2D eigenvalue weighted by Gasteiger charge is -2.28. The van der Waals surface area contributed by atoms with E-state index < -0.39 is 12.1 Å². The topological polar surface area (TPSA) is 90.0 Å². The molecule has 7 nitrogen and oxygen atoms in total. The summed E-state index contributed by atoms with van der Waals surface area (Å²) in [5, 5.41) is 0. The minimum atomic E-state index is -1.02. The van der Waals surface area contributed by atoms with Crippen molar-refractivity contribution in [1.82, 2.24) is 0 Å². The number of anilines is 1. The second-order valence-electron chi connectivity index (χ2n) is 10.7. The highest BCUT2D eigenvalue weighted by Gasteiger charge is 2.64. The molecule has 7 heteroatoms.